The van der Waals surface area contributed by atoms with Gasteiger partial charge in [-0.3, -0.25) is 20.2 Å². The highest BCUT2D eigenvalue weighted by Gasteiger charge is 2.13. The van der Waals surface area contributed by atoms with E-state index in [4.69, 9.17) is 0 Å². The Bertz CT molecular complexity index is 926. The minimum Gasteiger partial charge on any atom is -0.363 e. The van der Waals surface area contributed by atoms with Crippen LogP contribution in [0, 0.1) is 27.2 Å². The number of rotatable bonds is 7. The van der Waals surface area contributed by atoms with Crippen LogP contribution in [-0.2, 0) is 13.1 Å². The van der Waals surface area contributed by atoms with Gasteiger partial charge in [0.25, 0.3) is 11.4 Å². The first-order valence-corrected chi connectivity index (χ1v) is 8.71. The molecule has 0 fully saturated rings. The van der Waals surface area contributed by atoms with E-state index >= 15 is 0 Å². The molecule has 7 nitrogen and oxygen atoms in total. The number of nitro groups is 2. The van der Waals surface area contributed by atoms with Gasteiger partial charge in [-0.1, -0.05) is 42.5 Å². The van der Waals surface area contributed by atoms with Gasteiger partial charge in [-0.15, -0.1) is 0 Å². The zero-order valence-corrected chi connectivity index (χ0v) is 15.3. The molecule has 0 bridgehead atoms. The van der Waals surface area contributed by atoms with Gasteiger partial charge in [0.15, 0.2) is 0 Å². The lowest BCUT2D eigenvalue weighted by atomic mass is 10.1. The Kier molecular flexibility index (Phi) is 5.64. The van der Waals surface area contributed by atoms with Crippen LogP contribution in [0.15, 0.2) is 72.8 Å². The van der Waals surface area contributed by atoms with E-state index in [-0.39, 0.29) is 11.4 Å². The minimum absolute atomic E-state index is 0.0570. The Morgan fingerprint density at radius 2 is 1.14 bits per heavy atom. The Balaban J connectivity index is 1.88. The van der Waals surface area contributed by atoms with Crippen molar-refractivity contribution in [3.8, 4) is 0 Å². The monoisotopic (exact) mass is 377 g/mol. The Hall–Kier alpha value is -3.74. The summed E-state index contributed by atoms with van der Waals surface area (Å²) in [5.41, 5.74) is 4.14. The van der Waals surface area contributed by atoms with Crippen LogP contribution in [0.25, 0.3) is 0 Å². The van der Waals surface area contributed by atoms with Gasteiger partial charge < -0.3 is 4.90 Å². The highest BCUT2D eigenvalue weighted by molar-refractivity contribution is 5.54. The summed E-state index contributed by atoms with van der Waals surface area (Å²) in [6.07, 6.45) is 0. The van der Waals surface area contributed by atoms with Gasteiger partial charge in [0.1, 0.15) is 0 Å². The first kappa shape index (κ1) is 19.0. The topological polar surface area (TPSA) is 89.5 Å². The number of aryl methyl sites for hydroxylation is 1. The fraction of sp³-hybridized carbons (Fsp3) is 0.143. The molecule has 3 aromatic carbocycles. The maximum absolute atomic E-state index is 10.9. The lowest BCUT2D eigenvalue weighted by Gasteiger charge is -2.27. The van der Waals surface area contributed by atoms with Crippen molar-refractivity contribution in [1.29, 1.82) is 0 Å². The van der Waals surface area contributed by atoms with Crippen molar-refractivity contribution in [3.63, 3.8) is 0 Å². The molecule has 0 amide bonds. The van der Waals surface area contributed by atoms with Gasteiger partial charge in [0, 0.05) is 43.0 Å². The number of nitro benzene ring substituents is 2. The van der Waals surface area contributed by atoms with Gasteiger partial charge >= 0.3 is 0 Å². The van der Waals surface area contributed by atoms with E-state index in [1.54, 1.807) is 24.3 Å². The van der Waals surface area contributed by atoms with E-state index in [0.717, 1.165) is 22.4 Å². The largest absolute Gasteiger partial charge is 0.363 e. The second kappa shape index (κ2) is 8.30. The molecule has 7 heteroatoms. The van der Waals surface area contributed by atoms with Crippen molar-refractivity contribution in [3.05, 3.63) is 110 Å². The molecule has 3 rings (SSSR count). The molecular formula is C21H19N3O4. The quantitative estimate of drug-likeness (QED) is 0.426. The summed E-state index contributed by atoms with van der Waals surface area (Å²) >= 11 is 0. The second-order valence-electron chi connectivity index (χ2n) is 6.49. The molecule has 0 aliphatic rings. The van der Waals surface area contributed by atoms with Crippen LogP contribution < -0.4 is 4.90 Å². The number of para-hydroxylation sites is 1. The SMILES string of the molecule is Cc1ccccc1N(Cc1ccc([N+](=O)[O-])cc1)Cc1ccc([N+](=O)[O-])cc1. The lowest BCUT2D eigenvalue weighted by Crippen LogP contribution is -2.23. The zero-order chi connectivity index (χ0) is 20.1. The number of non-ortho nitro benzene ring substituents is 2. The Morgan fingerprint density at radius 1 is 0.714 bits per heavy atom. The molecular weight excluding hydrogens is 358 g/mol. The third kappa shape index (κ3) is 4.50. The molecule has 0 aliphatic heterocycles. The van der Waals surface area contributed by atoms with E-state index in [2.05, 4.69) is 4.90 Å². The van der Waals surface area contributed by atoms with Crippen molar-refractivity contribution in [2.75, 3.05) is 4.90 Å². The van der Waals surface area contributed by atoms with Gasteiger partial charge in [0.2, 0.25) is 0 Å². The summed E-state index contributed by atoms with van der Waals surface area (Å²) in [7, 11) is 0. The maximum Gasteiger partial charge on any atom is 0.269 e. The Labute approximate surface area is 162 Å². The first-order chi connectivity index (χ1) is 13.4. The molecule has 28 heavy (non-hydrogen) atoms. The fourth-order valence-corrected chi connectivity index (χ4v) is 3.03. The third-order valence-electron chi connectivity index (χ3n) is 4.50. The maximum atomic E-state index is 10.9. The predicted octanol–water partition coefficient (Wildman–Crippen LogP) is 5.02. The van der Waals surface area contributed by atoms with Crippen LogP contribution >= 0.6 is 0 Å². The molecule has 3 aromatic rings. The number of anilines is 1. The molecule has 0 heterocycles. The van der Waals surface area contributed by atoms with Crippen LogP contribution in [0.3, 0.4) is 0 Å². The molecule has 142 valence electrons. The van der Waals surface area contributed by atoms with Crippen molar-refractivity contribution >= 4 is 17.1 Å². The van der Waals surface area contributed by atoms with Crippen molar-refractivity contribution < 1.29 is 9.85 Å². The van der Waals surface area contributed by atoms with Crippen LogP contribution in [0.4, 0.5) is 17.1 Å². The molecule has 0 radical (unpaired) electrons. The van der Waals surface area contributed by atoms with Gasteiger partial charge in [-0.25, -0.2) is 0 Å². The highest BCUT2D eigenvalue weighted by atomic mass is 16.6. The van der Waals surface area contributed by atoms with Gasteiger partial charge in [-0.2, -0.15) is 0 Å². The Morgan fingerprint density at radius 3 is 1.54 bits per heavy atom. The summed E-state index contributed by atoms with van der Waals surface area (Å²) in [4.78, 5) is 23.0. The fourth-order valence-electron chi connectivity index (χ4n) is 3.03. The van der Waals surface area contributed by atoms with E-state index < -0.39 is 9.85 Å². The van der Waals surface area contributed by atoms with Gasteiger partial charge in [-0.05, 0) is 29.7 Å². The number of hydrogen-bond acceptors (Lipinski definition) is 5. The molecule has 0 atom stereocenters. The molecule has 0 aliphatic carbocycles. The second-order valence-corrected chi connectivity index (χ2v) is 6.49. The number of nitrogens with zero attached hydrogens (tertiary/aromatic N) is 3. The van der Waals surface area contributed by atoms with Crippen molar-refractivity contribution in [2.45, 2.75) is 20.0 Å². The number of benzene rings is 3. The molecule has 0 saturated carbocycles. The zero-order valence-electron chi connectivity index (χ0n) is 15.3. The van der Waals surface area contributed by atoms with E-state index in [0.29, 0.717) is 13.1 Å². The average molecular weight is 377 g/mol. The lowest BCUT2D eigenvalue weighted by molar-refractivity contribution is -0.385. The van der Waals surface area contributed by atoms with Gasteiger partial charge in [0.05, 0.1) is 9.85 Å². The average Bonchev–Trinajstić information content (AvgIpc) is 2.69. The standard InChI is InChI=1S/C21H19N3O4/c1-16-4-2-3-5-21(16)22(14-17-6-10-19(11-7-17)23(25)26)15-18-8-12-20(13-9-18)24(27)28/h2-13H,14-15H2,1H3. The third-order valence-corrected chi connectivity index (χ3v) is 4.50. The summed E-state index contributed by atoms with van der Waals surface area (Å²) in [5.74, 6) is 0. The molecule has 0 spiro atoms. The van der Waals surface area contributed by atoms with Crippen molar-refractivity contribution in [2.24, 2.45) is 0 Å². The number of hydrogen-bond donors (Lipinski definition) is 0. The van der Waals surface area contributed by atoms with Crippen molar-refractivity contribution in [1.82, 2.24) is 0 Å². The van der Waals surface area contributed by atoms with Crippen LogP contribution in [0.1, 0.15) is 16.7 Å². The molecule has 0 N–H and O–H groups in total. The normalized spacial score (nSPS) is 10.5. The summed E-state index contributed by atoms with van der Waals surface area (Å²) in [5, 5.41) is 21.7. The smallest absolute Gasteiger partial charge is 0.269 e. The van der Waals surface area contributed by atoms with Crippen LogP contribution in [-0.4, -0.2) is 9.85 Å². The highest BCUT2D eigenvalue weighted by Crippen LogP contribution is 2.25. The molecule has 0 aromatic heterocycles. The summed E-state index contributed by atoms with van der Waals surface area (Å²) in [6, 6.07) is 21.0. The predicted molar refractivity (Wildman–Crippen MR) is 107 cm³/mol. The first-order valence-electron chi connectivity index (χ1n) is 8.71. The van der Waals surface area contributed by atoms with E-state index in [1.807, 2.05) is 31.2 Å². The van der Waals surface area contributed by atoms with E-state index in [1.165, 1.54) is 24.3 Å². The molecule has 0 unspecified atom stereocenters. The minimum atomic E-state index is -0.417. The van der Waals surface area contributed by atoms with Crippen LogP contribution in [0.5, 0.6) is 0 Å². The van der Waals surface area contributed by atoms with Crippen LogP contribution in [0.2, 0.25) is 0 Å². The van der Waals surface area contributed by atoms with E-state index in [9.17, 15) is 20.2 Å². The molecule has 0 saturated heterocycles. The summed E-state index contributed by atoms with van der Waals surface area (Å²) < 4.78 is 0. The summed E-state index contributed by atoms with van der Waals surface area (Å²) in [6.45, 7) is 3.13.